The number of hydrogen-bond donors (Lipinski definition) is 3. The SMILES string of the molecule is COC(=O)C[C@H](NC(=O)C1Cc2ccccc2N1)C(=O)O. The summed E-state index contributed by atoms with van der Waals surface area (Å²) >= 11 is 0. The molecule has 1 amide bonds. The summed E-state index contributed by atoms with van der Waals surface area (Å²) in [5.41, 5.74) is 1.86. The number of carbonyl (C=O) groups excluding carboxylic acids is 2. The van der Waals surface area contributed by atoms with Gasteiger partial charge >= 0.3 is 11.9 Å². The highest BCUT2D eigenvalue weighted by atomic mass is 16.5. The molecule has 0 spiro atoms. The molecule has 0 radical (unpaired) electrons. The second kappa shape index (κ2) is 6.25. The number of anilines is 1. The van der Waals surface area contributed by atoms with Crippen LogP contribution in [0.1, 0.15) is 12.0 Å². The van der Waals surface area contributed by atoms with Crippen LogP contribution in [0.25, 0.3) is 0 Å². The molecule has 21 heavy (non-hydrogen) atoms. The maximum atomic E-state index is 12.1. The smallest absolute Gasteiger partial charge is 0.326 e. The zero-order valence-corrected chi connectivity index (χ0v) is 11.5. The van der Waals surface area contributed by atoms with Crippen LogP contribution >= 0.6 is 0 Å². The van der Waals surface area contributed by atoms with E-state index < -0.39 is 36.4 Å². The zero-order valence-electron chi connectivity index (χ0n) is 11.5. The van der Waals surface area contributed by atoms with Gasteiger partial charge in [-0.1, -0.05) is 18.2 Å². The van der Waals surface area contributed by atoms with E-state index in [2.05, 4.69) is 15.4 Å². The number of nitrogens with one attached hydrogen (secondary N) is 2. The van der Waals surface area contributed by atoms with Gasteiger partial charge in [-0.25, -0.2) is 4.79 Å². The fourth-order valence-corrected chi connectivity index (χ4v) is 2.18. The van der Waals surface area contributed by atoms with Crippen molar-refractivity contribution in [2.24, 2.45) is 0 Å². The van der Waals surface area contributed by atoms with E-state index in [0.717, 1.165) is 18.4 Å². The van der Waals surface area contributed by atoms with Crippen LogP contribution in [-0.2, 0) is 25.5 Å². The van der Waals surface area contributed by atoms with Gasteiger partial charge < -0.3 is 20.5 Å². The van der Waals surface area contributed by atoms with Crippen molar-refractivity contribution < 1.29 is 24.2 Å². The summed E-state index contributed by atoms with van der Waals surface area (Å²) in [5.74, 6) is -2.42. The number of hydrogen-bond acceptors (Lipinski definition) is 5. The van der Waals surface area contributed by atoms with Gasteiger partial charge in [-0.15, -0.1) is 0 Å². The molecule has 0 fully saturated rings. The van der Waals surface area contributed by atoms with Gasteiger partial charge in [-0.05, 0) is 11.6 Å². The van der Waals surface area contributed by atoms with Crippen molar-refractivity contribution in [1.29, 1.82) is 0 Å². The zero-order chi connectivity index (χ0) is 15.4. The molecule has 1 unspecified atom stereocenters. The summed E-state index contributed by atoms with van der Waals surface area (Å²) in [6.07, 6.45) is 0.0732. The van der Waals surface area contributed by atoms with Crippen LogP contribution in [0.5, 0.6) is 0 Å². The Bertz CT molecular complexity index is 547. The van der Waals surface area contributed by atoms with Gasteiger partial charge in [0.25, 0.3) is 0 Å². The minimum atomic E-state index is -1.30. The number of methoxy groups -OCH3 is 1. The van der Waals surface area contributed by atoms with Crippen LogP contribution in [0.3, 0.4) is 0 Å². The molecule has 1 aromatic carbocycles. The fraction of sp³-hybridized carbons (Fsp3) is 0.357. The van der Waals surface area contributed by atoms with E-state index in [1.807, 2.05) is 24.3 Å². The van der Waals surface area contributed by atoms with Gasteiger partial charge in [0, 0.05) is 12.1 Å². The lowest BCUT2D eigenvalue weighted by Gasteiger charge is -2.17. The van der Waals surface area contributed by atoms with Crippen LogP contribution in [0.2, 0.25) is 0 Å². The molecule has 7 heteroatoms. The normalized spacial score (nSPS) is 17.3. The lowest BCUT2D eigenvalue weighted by molar-refractivity contribution is -0.148. The Balaban J connectivity index is 1.98. The molecule has 1 heterocycles. The van der Waals surface area contributed by atoms with E-state index in [-0.39, 0.29) is 0 Å². The Morgan fingerprint density at radius 1 is 1.43 bits per heavy atom. The van der Waals surface area contributed by atoms with Crippen LogP contribution < -0.4 is 10.6 Å². The Kier molecular flexibility index (Phi) is 4.42. The monoisotopic (exact) mass is 292 g/mol. The minimum Gasteiger partial charge on any atom is -0.480 e. The van der Waals surface area contributed by atoms with E-state index in [1.165, 1.54) is 0 Å². The number of ether oxygens (including phenoxy) is 1. The second-order valence-electron chi connectivity index (χ2n) is 4.74. The predicted molar refractivity (Wildman–Crippen MR) is 73.8 cm³/mol. The molecule has 2 rings (SSSR count). The maximum absolute atomic E-state index is 12.1. The fourth-order valence-electron chi connectivity index (χ4n) is 2.18. The molecule has 0 saturated carbocycles. The number of aliphatic carboxylic acids is 1. The van der Waals surface area contributed by atoms with Crippen LogP contribution in [0.4, 0.5) is 5.69 Å². The van der Waals surface area contributed by atoms with Crippen molar-refractivity contribution in [3.05, 3.63) is 29.8 Å². The standard InChI is InChI=1S/C14H16N2O5/c1-21-12(17)7-11(14(19)20)16-13(18)10-6-8-4-2-3-5-9(8)15-10/h2-5,10-11,15H,6-7H2,1H3,(H,16,18)(H,19,20)/t10?,11-/m0/s1. The van der Waals surface area contributed by atoms with Crippen molar-refractivity contribution in [3.63, 3.8) is 0 Å². The summed E-state index contributed by atoms with van der Waals surface area (Å²) in [4.78, 5) is 34.3. The van der Waals surface area contributed by atoms with E-state index >= 15 is 0 Å². The van der Waals surface area contributed by atoms with Gasteiger partial charge in [0.05, 0.1) is 13.5 Å². The Labute approximate surface area is 121 Å². The van der Waals surface area contributed by atoms with E-state index in [9.17, 15) is 14.4 Å². The molecule has 3 N–H and O–H groups in total. The number of benzene rings is 1. The Morgan fingerprint density at radius 3 is 2.76 bits per heavy atom. The van der Waals surface area contributed by atoms with Gasteiger partial charge in [-0.2, -0.15) is 0 Å². The minimum absolute atomic E-state index is 0.406. The summed E-state index contributed by atoms with van der Waals surface area (Å²) in [7, 11) is 1.16. The molecule has 0 bridgehead atoms. The molecule has 1 aliphatic heterocycles. The average Bonchev–Trinajstić information content (AvgIpc) is 2.90. The first-order valence-electron chi connectivity index (χ1n) is 6.45. The van der Waals surface area contributed by atoms with Crippen molar-refractivity contribution in [1.82, 2.24) is 5.32 Å². The van der Waals surface area contributed by atoms with Crippen molar-refractivity contribution in [2.75, 3.05) is 12.4 Å². The Morgan fingerprint density at radius 2 is 2.14 bits per heavy atom. The molecule has 0 saturated heterocycles. The predicted octanol–water partition coefficient (Wildman–Crippen LogP) is 0.156. The first-order chi connectivity index (χ1) is 10.0. The molecule has 0 aliphatic carbocycles. The lowest BCUT2D eigenvalue weighted by Crippen LogP contribution is -2.48. The molecule has 112 valence electrons. The molecule has 2 atom stereocenters. The largest absolute Gasteiger partial charge is 0.480 e. The van der Waals surface area contributed by atoms with Crippen LogP contribution in [0, 0.1) is 0 Å². The summed E-state index contributed by atoms with van der Waals surface area (Å²) in [6.45, 7) is 0. The van der Waals surface area contributed by atoms with Crippen molar-refractivity contribution in [2.45, 2.75) is 24.9 Å². The number of carboxylic acids is 1. The van der Waals surface area contributed by atoms with Gasteiger partial charge in [-0.3, -0.25) is 9.59 Å². The number of para-hydroxylation sites is 1. The highest BCUT2D eigenvalue weighted by molar-refractivity contribution is 5.92. The van der Waals surface area contributed by atoms with Crippen molar-refractivity contribution in [3.8, 4) is 0 Å². The van der Waals surface area contributed by atoms with Gasteiger partial charge in [0.2, 0.25) is 5.91 Å². The van der Waals surface area contributed by atoms with Crippen LogP contribution in [0.15, 0.2) is 24.3 Å². The third-order valence-corrected chi connectivity index (χ3v) is 3.30. The highest BCUT2D eigenvalue weighted by Crippen LogP contribution is 2.25. The number of fused-ring (bicyclic) bond motifs is 1. The first kappa shape index (κ1) is 14.8. The van der Waals surface area contributed by atoms with E-state index in [4.69, 9.17) is 5.11 Å². The summed E-state index contributed by atoms with van der Waals surface area (Å²) in [6, 6.07) is 5.64. The number of carbonyl (C=O) groups is 3. The number of carboxylic acid groups (broad SMARTS) is 1. The number of rotatable bonds is 5. The second-order valence-corrected chi connectivity index (χ2v) is 4.74. The molecule has 1 aliphatic rings. The third kappa shape index (κ3) is 3.50. The van der Waals surface area contributed by atoms with E-state index in [1.54, 1.807) is 0 Å². The maximum Gasteiger partial charge on any atom is 0.326 e. The first-order valence-corrected chi connectivity index (χ1v) is 6.45. The molecular weight excluding hydrogens is 276 g/mol. The van der Waals surface area contributed by atoms with Gasteiger partial charge in [0.15, 0.2) is 0 Å². The van der Waals surface area contributed by atoms with Gasteiger partial charge in [0.1, 0.15) is 12.1 Å². The Hall–Kier alpha value is -2.57. The number of amides is 1. The quantitative estimate of drug-likeness (QED) is 0.668. The highest BCUT2D eigenvalue weighted by Gasteiger charge is 2.30. The number of esters is 1. The molecular formula is C14H16N2O5. The summed E-state index contributed by atoms with van der Waals surface area (Å²) in [5, 5.41) is 14.4. The third-order valence-electron chi connectivity index (χ3n) is 3.30. The molecule has 0 aromatic heterocycles. The van der Waals surface area contributed by atoms with E-state index in [0.29, 0.717) is 6.42 Å². The average molecular weight is 292 g/mol. The topological polar surface area (TPSA) is 105 Å². The molecule has 1 aromatic rings. The lowest BCUT2D eigenvalue weighted by atomic mass is 10.1. The van der Waals surface area contributed by atoms with Crippen LogP contribution in [-0.4, -0.2) is 42.1 Å². The summed E-state index contributed by atoms with van der Waals surface area (Å²) < 4.78 is 4.42. The molecule has 7 nitrogen and oxygen atoms in total. The van der Waals surface area contributed by atoms with Crippen molar-refractivity contribution >= 4 is 23.5 Å².